The Hall–Kier alpha value is -2.02. The number of benzene rings is 1. The zero-order valence-corrected chi connectivity index (χ0v) is 15.8. The summed E-state index contributed by atoms with van der Waals surface area (Å²) >= 11 is 1.45. The zero-order chi connectivity index (χ0) is 18.0. The van der Waals surface area contributed by atoms with E-state index in [2.05, 4.69) is 33.9 Å². The summed E-state index contributed by atoms with van der Waals surface area (Å²) in [7, 11) is 1.59. The number of aromatic nitrogens is 3. The number of thioether (sulfide) groups is 1. The minimum absolute atomic E-state index is 0.0778. The predicted molar refractivity (Wildman–Crippen MR) is 99.3 cm³/mol. The third-order valence-electron chi connectivity index (χ3n) is 4.14. The maximum atomic E-state index is 12.6. The largest absolute Gasteiger partial charge is 0.495 e. The molecule has 25 heavy (non-hydrogen) atoms. The predicted octanol–water partition coefficient (Wildman–Crippen LogP) is 3.86. The Kier molecular flexibility index (Phi) is 5.32. The van der Waals surface area contributed by atoms with E-state index in [1.54, 1.807) is 7.11 Å². The van der Waals surface area contributed by atoms with Crippen molar-refractivity contribution >= 4 is 23.4 Å². The number of nitrogens with zero attached hydrogens (tertiary/aromatic N) is 3. The summed E-state index contributed by atoms with van der Waals surface area (Å²) in [5.74, 6) is 1.89. The smallest absolute Gasteiger partial charge is 0.237 e. The van der Waals surface area contributed by atoms with Crippen molar-refractivity contribution in [1.82, 2.24) is 14.8 Å². The average molecular weight is 360 g/mol. The lowest BCUT2D eigenvalue weighted by molar-refractivity contribution is -0.115. The number of rotatable bonds is 7. The quantitative estimate of drug-likeness (QED) is 0.759. The lowest BCUT2D eigenvalue weighted by Crippen LogP contribution is -2.23. The highest BCUT2D eigenvalue weighted by Gasteiger charge is 2.31. The van der Waals surface area contributed by atoms with Crippen LogP contribution in [-0.2, 0) is 4.79 Å². The molecule has 1 fully saturated rings. The van der Waals surface area contributed by atoms with Gasteiger partial charge in [0.1, 0.15) is 11.6 Å². The molecule has 1 N–H and O–H groups in total. The molecule has 1 aliphatic carbocycles. The van der Waals surface area contributed by atoms with Crippen LogP contribution in [0.4, 0.5) is 5.69 Å². The van der Waals surface area contributed by atoms with E-state index in [1.165, 1.54) is 11.8 Å². The highest BCUT2D eigenvalue weighted by Crippen LogP contribution is 2.40. The minimum atomic E-state index is -0.286. The number of carbonyl (C=O) groups is 1. The lowest BCUT2D eigenvalue weighted by atomic mass is 10.2. The van der Waals surface area contributed by atoms with Gasteiger partial charge < -0.3 is 14.6 Å². The van der Waals surface area contributed by atoms with Gasteiger partial charge in [0, 0.05) is 12.0 Å². The molecule has 1 atom stereocenters. The molecule has 1 unspecified atom stereocenters. The number of para-hydroxylation sites is 2. The molecular weight excluding hydrogens is 336 g/mol. The van der Waals surface area contributed by atoms with Crippen LogP contribution in [0, 0.1) is 0 Å². The molecule has 0 bridgehead atoms. The molecule has 1 aromatic heterocycles. The number of nitrogens with one attached hydrogen (secondary N) is 1. The monoisotopic (exact) mass is 360 g/mol. The van der Waals surface area contributed by atoms with Crippen LogP contribution in [0.1, 0.15) is 51.4 Å². The van der Waals surface area contributed by atoms with Crippen molar-refractivity contribution in [3.05, 3.63) is 30.1 Å². The first kappa shape index (κ1) is 17.8. The second-order valence-corrected chi connectivity index (χ2v) is 7.85. The average Bonchev–Trinajstić information content (AvgIpc) is 3.35. The molecule has 3 rings (SSSR count). The second kappa shape index (κ2) is 7.47. The van der Waals surface area contributed by atoms with Crippen LogP contribution in [0.2, 0.25) is 0 Å². The van der Waals surface area contributed by atoms with Crippen molar-refractivity contribution < 1.29 is 9.53 Å². The molecule has 0 spiro atoms. The summed E-state index contributed by atoms with van der Waals surface area (Å²) in [6, 6.07) is 7.88. The zero-order valence-electron chi connectivity index (χ0n) is 15.0. The van der Waals surface area contributed by atoms with E-state index < -0.39 is 0 Å². The van der Waals surface area contributed by atoms with Gasteiger partial charge in [-0.05, 0) is 31.9 Å². The van der Waals surface area contributed by atoms with Gasteiger partial charge in [0.25, 0.3) is 0 Å². The molecule has 1 aliphatic rings. The molecule has 6 nitrogen and oxygen atoms in total. The van der Waals surface area contributed by atoms with Gasteiger partial charge in [0.05, 0.1) is 18.0 Å². The van der Waals surface area contributed by atoms with Crippen LogP contribution < -0.4 is 10.1 Å². The fourth-order valence-electron chi connectivity index (χ4n) is 2.63. The molecule has 1 amide bonds. The van der Waals surface area contributed by atoms with Gasteiger partial charge >= 0.3 is 0 Å². The van der Waals surface area contributed by atoms with E-state index in [0.717, 1.165) is 23.8 Å². The summed E-state index contributed by atoms with van der Waals surface area (Å²) in [6.45, 7) is 6.13. The van der Waals surface area contributed by atoms with Crippen molar-refractivity contribution in [2.24, 2.45) is 0 Å². The van der Waals surface area contributed by atoms with Gasteiger partial charge in [-0.1, -0.05) is 37.7 Å². The van der Waals surface area contributed by atoms with Crippen LogP contribution in [0.25, 0.3) is 0 Å². The number of amides is 1. The van der Waals surface area contributed by atoms with Gasteiger partial charge in [-0.15, -0.1) is 10.2 Å². The minimum Gasteiger partial charge on any atom is -0.495 e. The Bertz CT molecular complexity index is 755. The number of hydrogen-bond donors (Lipinski definition) is 1. The van der Waals surface area contributed by atoms with Crippen LogP contribution in [-0.4, -0.2) is 33.0 Å². The topological polar surface area (TPSA) is 69.0 Å². The number of anilines is 1. The van der Waals surface area contributed by atoms with E-state index in [-0.39, 0.29) is 11.2 Å². The summed E-state index contributed by atoms with van der Waals surface area (Å²) in [5, 5.41) is 12.1. The Balaban J connectivity index is 1.72. The maximum absolute atomic E-state index is 12.6. The molecule has 7 heteroatoms. The molecule has 2 aromatic rings. The summed E-state index contributed by atoms with van der Waals surface area (Å²) in [6.07, 6.45) is 2.32. The van der Waals surface area contributed by atoms with Crippen molar-refractivity contribution in [2.75, 3.05) is 12.4 Å². The Morgan fingerprint density at radius 3 is 2.64 bits per heavy atom. The first-order chi connectivity index (χ1) is 12.0. The van der Waals surface area contributed by atoms with E-state index in [4.69, 9.17) is 4.74 Å². The summed E-state index contributed by atoms with van der Waals surface area (Å²) in [4.78, 5) is 12.6. The number of methoxy groups -OCH3 is 1. The molecular formula is C18H24N4O2S. The molecule has 1 heterocycles. The first-order valence-electron chi connectivity index (χ1n) is 8.56. The van der Waals surface area contributed by atoms with Crippen LogP contribution in [0.15, 0.2) is 29.4 Å². The van der Waals surface area contributed by atoms with Gasteiger partial charge in [0.15, 0.2) is 5.16 Å². The number of carbonyl (C=O) groups excluding carboxylic acids is 1. The fourth-order valence-corrected chi connectivity index (χ4v) is 3.56. The summed E-state index contributed by atoms with van der Waals surface area (Å²) < 4.78 is 7.50. The molecule has 134 valence electrons. The van der Waals surface area contributed by atoms with Gasteiger partial charge in [0.2, 0.25) is 5.91 Å². The van der Waals surface area contributed by atoms with Crippen molar-refractivity contribution in [3.63, 3.8) is 0 Å². The van der Waals surface area contributed by atoms with Gasteiger partial charge in [-0.25, -0.2) is 0 Å². The van der Waals surface area contributed by atoms with E-state index in [9.17, 15) is 4.79 Å². The third kappa shape index (κ3) is 3.98. The van der Waals surface area contributed by atoms with Gasteiger partial charge in [-0.3, -0.25) is 4.79 Å². The number of hydrogen-bond acceptors (Lipinski definition) is 5. The summed E-state index contributed by atoms with van der Waals surface area (Å²) in [5.41, 5.74) is 0.675. The van der Waals surface area contributed by atoms with E-state index in [0.29, 0.717) is 23.4 Å². The van der Waals surface area contributed by atoms with Crippen molar-refractivity contribution in [2.45, 2.75) is 56.0 Å². The fraction of sp³-hybridized carbons (Fsp3) is 0.500. The molecule has 0 aliphatic heterocycles. The highest BCUT2D eigenvalue weighted by atomic mass is 32.2. The molecule has 0 radical (unpaired) electrons. The maximum Gasteiger partial charge on any atom is 0.237 e. The first-order valence-corrected chi connectivity index (χ1v) is 9.44. The normalized spacial score (nSPS) is 15.2. The standard InChI is InChI=1S/C18H24N4O2S/c1-11(2)16-20-21-18(22(16)13-9-10-13)25-12(3)17(23)19-14-7-5-6-8-15(14)24-4/h5-8,11-13H,9-10H2,1-4H3,(H,19,23). The van der Waals surface area contributed by atoms with Crippen molar-refractivity contribution in [1.29, 1.82) is 0 Å². The SMILES string of the molecule is COc1ccccc1NC(=O)C(C)Sc1nnc(C(C)C)n1C1CC1. The van der Waals surface area contributed by atoms with Crippen molar-refractivity contribution in [3.8, 4) is 5.75 Å². The van der Waals surface area contributed by atoms with E-state index >= 15 is 0 Å². The number of ether oxygens (including phenoxy) is 1. The highest BCUT2D eigenvalue weighted by molar-refractivity contribution is 8.00. The van der Waals surface area contributed by atoms with Crippen LogP contribution in [0.5, 0.6) is 5.75 Å². The Morgan fingerprint density at radius 1 is 1.28 bits per heavy atom. The van der Waals surface area contributed by atoms with E-state index in [1.807, 2.05) is 31.2 Å². The second-order valence-electron chi connectivity index (χ2n) is 6.55. The van der Waals surface area contributed by atoms with Crippen LogP contribution in [0.3, 0.4) is 0 Å². The Labute approximate surface area is 152 Å². The third-order valence-corrected chi connectivity index (χ3v) is 5.19. The lowest BCUT2D eigenvalue weighted by Gasteiger charge is -2.15. The molecule has 0 saturated heterocycles. The molecule has 1 saturated carbocycles. The van der Waals surface area contributed by atoms with Crippen LogP contribution >= 0.6 is 11.8 Å². The molecule has 1 aromatic carbocycles. The Morgan fingerprint density at radius 2 is 2.00 bits per heavy atom. The van der Waals surface area contributed by atoms with Gasteiger partial charge in [-0.2, -0.15) is 0 Å².